The van der Waals surface area contributed by atoms with Gasteiger partial charge >= 0.3 is 0 Å². The summed E-state index contributed by atoms with van der Waals surface area (Å²) in [5, 5.41) is 12.0. The van der Waals surface area contributed by atoms with Crippen LogP contribution < -0.4 is 4.52 Å². The molecular formula is C14H14N5O+. The number of aromatic nitrogens is 4. The Balaban J connectivity index is 2.22. The van der Waals surface area contributed by atoms with Crippen LogP contribution in [0.5, 0.6) is 0 Å². The van der Waals surface area contributed by atoms with Crippen LogP contribution in [0, 0.1) is 6.92 Å². The molecule has 0 atom stereocenters. The highest BCUT2D eigenvalue weighted by Gasteiger charge is 2.17. The molecule has 0 unspecified atom stereocenters. The molecule has 0 aliphatic rings. The maximum absolute atomic E-state index is 8.86. The average molecular weight is 268 g/mol. The molecule has 0 spiro atoms. The lowest BCUT2D eigenvalue weighted by molar-refractivity contribution is -0.565. The van der Waals surface area contributed by atoms with Crippen molar-refractivity contribution in [3.63, 3.8) is 0 Å². The van der Waals surface area contributed by atoms with Crippen LogP contribution >= 0.6 is 0 Å². The summed E-state index contributed by atoms with van der Waals surface area (Å²) in [4.78, 5) is 12.8. The van der Waals surface area contributed by atoms with E-state index in [9.17, 15) is 0 Å². The fraction of sp³-hybridized carbons (Fsp3) is 0.143. The Morgan fingerprint density at radius 2 is 2.20 bits per heavy atom. The molecule has 0 fully saturated rings. The normalized spacial score (nSPS) is 11.5. The summed E-state index contributed by atoms with van der Waals surface area (Å²) in [6, 6.07) is 5.72. The van der Waals surface area contributed by atoms with E-state index in [4.69, 9.17) is 5.11 Å². The first-order valence-electron chi connectivity index (χ1n) is 6.24. The number of H-pyrrole nitrogens is 1. The van der Waals surface area contributed by atoms with Gasteiger partial charge in [0.2, 0.25) is 0 Å². The predicted molar refractivity (Wildman–Crippen MR) is 75.0 cm³/mol. The summed E-state index contributed by atoms with van der Waals surface area (Å²) in [6.07, 6.45) is 6.84. The number of aliphatic hydroxyl groups is 1. The van der Waals surface area contributed by atoms with Crippen LogP contribution in [0.2, 0.25) is 0 Å². The van der Waals surface area contributed by atoms with E-state index in [1.807, 2.05) is 31.3 Å². The van der Waals surface area contributed by atoms with Crippen LogP contribution in [-0.4, -0.2) is 33.0 Å². The number of pyridine rings is 1. The van der Waals surface area contributed by atoms with E-state index >= 15 is 0 Å². The van der Waals surface area contributed by atoms with E-state index < -0.39 is 0 Å². The topological polar surface area (TPSA) is 78.3 Å². The molecule has 100 valence electrons. The molecule has 3 aromatic rings. The summed E-state index contributed by atoms with van der Waals surface area (Å²) >= 11 is 0. The second-order valence-electron chi connectivity index (χ2n) is 4.33. The molecule has 0 amide bonds. The van der Waals surface area contributed by atoms with Crippen molar-refractivity contribution in [3.05, 3.63) is 42.5 Å². The molecular weight excluding hydrogens is 254 g/mol. The Labute approximate surface area is 115 Å². The third kappa shape index (κ3) is 2.17. The summed E-state index contributed by atoms with van der Waals surface area (Å²) in [7, 11) is 0. The molecule has 6 nitrogen and oxygen atoms in total. The summed E-state index contributed by atoms with van der Waals surface area (Å²) in [6.45, 7) is 1.82. The number of rotatable bonds is 3. The van der Waals surface area contributed by atoms with Crippen LogP contribution in [-0.2, 0) is 0 Å². The molecule has 0 radical (unpaired) electrons. The minimum atomic E-state index is -0.0959. The zero-order valence-corrected chi connectivity index (χ0v) is 11.0. The van der Waals surface area contributed by atoms with Crippen molar-refractivity contribution in [2.24, 2.45) is 4.99 Å². The number of nitrogens with zero attached hydrogens (tertiary/aromatic N) is 4. The molecule has 0 saturated carbocycles. The van der Waals surface area contributed by atoms with Crippen molar-refractivity contribution in [2.75, 3.05) is 6.61 Å². The molecule has 20 heavy (non-hydrogen) atoms. The van der Waals surface area contributed by atoms with Gasteiger partial charge in [-0.2, -0.15) is 0 Å². The lowest BCUT2D eigenvalue weighted by Gasteiger charge is -1.96. The van der Waals surface area contributed by atoms with Crippen LogP contribution in [0.1, 0.15) is 5.69 Å². The Morgan fingerprint density at radius 3 is 2.95 bits per heavy atom. The zero-order valence-electron chi connectivity index (χ0n) is 11.0. The van der Waals surface area contributed by atoms with Crippen molar-refractivity contribution in [1.82, 2.24) is 15.1 Å². The number of hydrogen-bond donors (Lipinski definition) is 2. The molecule has 0 aliphatic heterocycles. The van der Waals surface area contributed by atoms with Gasteiger partial charge in [-0.3, -0.25) is 10.1 Å². The van der Waals surface area contributed by atoms with Crippen LogP contribution in [0.4, 0.5) is 5.82 Å². The summed E-state index contributed by atoms with van der Waals surface area (Å²) in [5.41, 5.74) is 3.68. The standard InChI is InChI=1S/C14H13N5O/c1-10-8-13(16-6-7-20)19-14(18-10)12(9-17-19)11-2-4-15-5-3-11/h2-6,8-9,20H,7H2,1H3/p+1. The average Bonchev–Trinajstić information content (AvgIpc) is 2.89. The number of hydrogen-bond acceptors (Lipinski definition) is 4. The Morgan fingerprint density at radius 1 is 1.40 bits per heavy atom. The first kappa shape index (κ1) is 12.4. The third-order valence-corrected chi connectivity index (χ3v) is 2.94. The van der Waals surface area contributed by atoms with E-state index in [1.54, 1.807) is 16.9 Å². The molecule has 0 saturated heterocycles. The minimum Gasteiger partial charge on any atom is -0.389 e. The minimum absolute atomic E-state index is 0.0959. The van der Waals surface area contributed by atoms with E-state index in [-0.39, 0.29) is 6.61 Å². The lowest BCUT2D eigenvalue weighted by atomic mass is 10.1. The molecule has 0 aromatic carbocycles. The van der Waals surface area contributed by atoms with Crippen LogP contribution in [0.25, 0.3) is 16.8 Å². The number of aryl methyl sites for hydroxylation is 1. The van der Waals surface area contributed by atoms with Gasteiger partial charge in [-0.25, -0.2) is 0 Å². The summed E-state index contributed by atoms with van der Waals surface area (Å²) in [5.74, 6) is 0.696. The fourth-order valence-corrected chi connectivity index (χ4v) is 2.08. The van der Waals surface area contributed by atoms with E-state index in [0.717, 1.165) is 22.5 Å². The zero-order chi connectivity index (χ0) is 13.9. The van der Waals surface area contributed by atoms with Gasteiger partial charge < -0.3 is 5.11 Å². The smallest absolute Gasteiger partial charge is 0.294 e. The number of aliphatic imine (C=N–C) groups is 1. The van der Waals surface area contributed by atoms with E-state index in [1.165, 1.54) is 6.21 Å². The Kier molecular flexibility index (Phi) is 3.22. The van der Waals surface area contributed by atoms with Crippen molar-refractivity contribution in [3.8, 4) is 11.1 Å². The lowest BCUT2D eigenvalue weighted by Crippen LogP contribution is -2.25. The van der Waals surface area contributed by atoms with Gasteiger partial charge in [-0.1, -0.05) is 0 Å². The third-order valence-electron chi connectivity index (χ3n) is 2.94. The highest BCUT2D eigenvalue weighted by molar-refractivity contribution is 5.74. The number of aromatic amines is 1. The van der Waals surface area contributed by atoms with Gasteiger partial charge in [-0.15, -0.1) is 14.5 Å². The van der Waals surface area contributed by atoms with Crippen molar-refractivity contribution in [1.29, 1.82) is 0 Å². The van der Waals surface area contributed by atoms with Crippen molar-refractivity contribution in [2.45, 2.75) is 6.92 Å². The van der Waals surface area contributed by atoms with Crippen molar-refractivity contribution >= 4 is 17.7 Å². The van der Waals surface area contributed by atoms with Gasteiger partial charge in [0.05, 0.1) is 18.2 Å². The number of nitrogens with one attached hydrogen (secondary N) is 1. The quantitative estimate of drug-likeness (QED) is 0.553. The molecule has 3 rings (SSSR count). The Hall–Kier alpha value is -2.60. The molecule has 2 N–H and O–H groups in total. The molecule has 0 aliphatic carbocycles. The van der Waals surface area contributed by atoms with Gasteiger partial charge in [0.15, 0.2) is 0 Å². The number of aliphatic hydroxyl groups excluding tert-OH is 1. The second-order valence-corrected chi connectivity index (χ2v) is 4.33. The SMILES string of the molecule is Cc1cc(N=CCO)[n+]2[nH]cc(-c3ccncc3)c2n1. The predicted octanol–water partition coefficient (Wildman–Crippen LogP) is 1.21. The Bertz CT molecular complexity index is 764. The molecule has 0 bridgehead atoms. The van der Waals surface area contributed by atoms with Gasteiger partial charge in [-0.05, 0) is 24.6 Å². The fourth-order valence-electron chi connectivity index (χ4n) is 2.08. The molecule has 3 aromatic heterocycles. The first-order chi connectivity index (χ1) is 9.79. The highest BCUT2D eigenvalue weighted by atomic mass is 16.2. The maximum Gasteiger partial charge on any atom is 0.294 e. The molecule has 6 heteroatoms. The van der Waals surface area contributed by atoms with E-state index in [0.29, 0.717) is 5.82 Å². The van der Waals surface area contributed by atoms with E-state index in [2.05, 4.69) is 20.1 Å². The van der Waals surface area contributed by atoms with Crippen molar-refractivity contribution < 1.29 is 9.62 Å². The van der Waals surface area contributed by atoms with Crippen LogP contribution in [0.3, 0.4) is 0 Å². The number of fused-ring (bicyclic) bond motifs is 1. The van der Waals surface area contributed by atoms with Gasteiger partial charge in [0.25, 0.3) is 11.5 Å². The largest absolute Gasteiger partial charge is 0.389 e. The second kappa shape index (κ2) is 5.18. The monoisotopic (exact) mass is 268 g/mol. The highest BCUT2D eigenvalue weighted by Crippen LogP contribution is 2.21. The summed E-state index contributed by atoms with van der Waals surface area (Å²) < 4.78 is 1.79. The van der Waals surface area contributed by atoms with Gasteiger partial charge in [0.1, 0.15) is 11.9 Å². The van der Waals surface area contributed by atoms with Gasteiger partial charge in [0, 0.05) is 18.6 Å². The molecule has 3 heterocycles. The first-order valence-corrected chi connectivity index (χ1v) is 6.24. The van der Waals surface area contributed by atoms with Crippen LogP contribution in [0.15, 0.2) is 41.8 Å². The maximum atomic E-state index is 8.86.